The topological polar surface area (TPSA) is 41.6 Å². The SMILES string of the molecule is CN1CCCCC[C@H]1C(=O)NCCOCc1ccc(Cl)cc1. The van der Waals surface area contributed by atoms with Gasteiger partial charge >= 0.3 is 0 Å². The van der Waals surface area contributed by atoms with Crippen molar-refractivity contribution in [3.63, 3.8) is 0 Å². The van der Waals surface area contributed by atoms with Gasteiger partial charge in [-0.15, -0.1) is 0 Å². The highest BCUT2D eigenvalue weighted by Gasteiger charge is 2.23. The number of amides is 1. The number of ether oxygens (including phenoxy) is 1. The molecule has 1 amide bonds. The van der Waals surface area contributed by atoms with Crippen molar-refractivity contribution in [2.75, 3.05) is 26.7 Å². The van der Waals surface area contributed by atoms with Crippen LogP contribution in [0.2, 0.25) is 5.02 Å². The summed E-state index contributed by atoms with van der Waals surface area (Å²) in [6.07, 6.45) is 4.49. The molecule has 1 N–H and O–H groups in total. The first-order valence-electron chi connectivity index (χ1n) is 7.97. The number of hydrogen-bond donors (Lipinski definition) is 1. The lowest BCUT2D eigenvalue weighted by atomic mass is 10.1. The van der Waals surface area contributed by atoms with Crippen molar-refractivity contribution in [2.45, 2.75) is 38.3 Å². The maximum atomic E-state index is 12.2. The molecule has 2 rings (SSSR count). The average Bonchev–Trinajstić information content (AvgIpc) is 2.73. The third-order valence-corrected chi connectivity index (χ3v) is 4.30. The fourth-order valence-electron chi connectivity index (χ4n) is 2.72. The number of nitrogens with zero attached hydrogens (tertiary/aromatic N) is 1. The van der Waals surface area contributed by atoms with Gasteiger partial charge in [-0.1, -0.05) is 36.6 Å². The summed E-state index contributed by atoms with van der Waals surface area (Å²) >= 11 is 5.84. The van der Waals surface area contributed by atoms with Gasteiger partial charge in [-0.2, -0.15) is 0 Å². The molecule has 0 radical (unpaired) electrons. The monoisotopic (exact) mass is 324 g/mol. The number of rotatable bonds is 6. The third-order valence-electron chi connectivity index (χ3n) is 4.05. The largest absolute Gasteiger partial charge is 0.375 e. The Kier molecular flexibility index (Phi) is 7.16. The Morgan fingerprint density at radius 3 is 2.86 bits per heavy atom. The van der Waals surface area contributed by atoms with E-state index in [0.717, 1.165) is 30.0 Å². The van der Waals surface area contributed by atoms with E-state index in [1.54, 1.807) is 0 Å². The number of likely N-dealkylation sites (tertiary alicyclic amines) is 1. The predicted octanol–water partition coefficient (Wildman–Crippen LogP) is 2.85. The summed E-state index contributed by atoms with van der Waals surface area (Å²) in [7, 11) is 2.03. The minimum atomic E-state index is 0.0127. The van der Waals surface area contributed by atoms with E-state index in [9.17, 15) is 4.79 Å². The first-order valence-corrected chi connectivity index (χ1v) is 8.35. The first-order chi connectivity index (χ1) is 10.7. The molecule has 1 aliphatic heterocycles. The Labute approximate surface area is 137 Å². The Hall–Kier alpha value is -1.10. The van der Waals surface area contributed by atoms with Crippen LogP contribution in [0.4, 0.5) is 0 Å². The minimum absolute atomic E-state index is 0.0127. The van der Waals surface area contributed by atoms with Crippen LogP contribution < -0.4 is 5.32 Å². The molecule has 0 spiro atoms. The van der Waals surface area contributed by atoms with Crippen LogP contribution in [0, 0.1) is 0 Å². The molecule has 1 aromatic rings. The van der Waals surface area contributed by atoms with Crippen LogP contribution >= 0.6 is 11.6 Å². The highest BCUT2D eigenvalue weighted by atomic mass is 35.5. The van der Waals surface area contributed by atoms with Gasteiger partial charge in [0.2, 0.25) is 5.91 Å². The number of likely N-dealkylation sites (N-methyl/N-ethyl adjacent to an activating group) is 1. The molecule has 122 valence electrons. The van der Waals surface area contributed by atoms with Gasteiger partial charge in [0.1, 0.15) is 0 Å². The van der Waals surface area contributed by atoms with Crippen LogP contribution in [-0.2, 0) is 16.1 Å². The average molecular weight is 325 g/mol. The summed E-state index contributed by atoms with van der Waals surface area (Å²) in [4.78, 5) is 14.4. The summed E-state index contributed by atoms with van der Waals surface area (Å²) in [6.45, 7) is 2.61. The van der Waals surface area contributed by atoms with Crippen LogP contribution in [0.3, 0.4) is 0 Å². The number of halogens is 1. The zero-order valence-electron chi connectivity index (χ0n) is 13.2. The molecule has 1 saturated heterocycles. The number of hydrogen-bond acceptors (Lipinski definition) is 3. The molecular weight excluding hydrogens is 300 g/mol. The second-order valence-electron chi connectivity index (χ2n) is 5.82. The van der Waals surface area contributed by atoms with Crippen LogP contribution in [-0.4, -0.2) is 43.6 Å². The summed E-state index contributed by atoms with van der Waals surface area (Å²) in [5.41, 5.74) is 1.08. The fourth-order valence-corrected chi connectivity index (χ4v) is 2.84. The van der Waals surface area contributed by atoms with Crippen molar-refractivity contribution in [1.82, 2.24) is 10.2 Å². The molecule has 1 fully saturated rings. The number of benzene rings is 1. The van der Waals surface area contributed by atoms with E-state index in [1.165, 1.54) is 12.8 Å². The van der Waals surface area contributed by atoms with Crippen LogP contribution in [0.1, 0.15) is 31.2 Å². The van der Waals surface area contributed by atoms with Gasteiger partial charge in [0.15, 0.2) is 0 Å². The normalized spacial score (nSPS) is 19.6. The highest BCUT2D eigenvalue weighted by molar-refractivity contribution is 6.30. The van der Waals surface area contributed by atoms with Gasteiger partial charge in [0.05, 0.1) is 19.3 Å². The van der Waals surface area contributed by atoms with E-state index in [0.29, 0.717) is 19.8 Å². The maximum absolute atomic E-state index is 12.2. The van der Waals surface area contributed by atoms with E-state index in [1.807, 2.05) is 31.3 Å². The lowest BCUT2D eigenvalue weighted by molar-refractivity contribution is -0.126. The van der Waals surface area contributed by atoms with E-state index in [4.69, 9.17) is 16.3 Å². The summed E-state index contributed by atoms with van der Waals surface area (Å²) < 4.78 is 5.58. The second kappa shape index (κ2) is 9.13. The van der Waals surface area contributed by atoms with Gasteiger partial charge in [-0.05, 0) is 44.1 Å². The van der Waals surface area contributed by atoms with Crippen LogP contribution in [0.15, 0.2) is 24.3 Å². The third kappa shape index (κ3) is 5.59. The molecule has 5 heteroatoms. The summed E-state index contributed by atoms with van der Waals surface area (Å²) in [5.74, 6) is 0.125. The van der Waals surface area contributed by atoms with Gasteiger partial charge in [0.25, 0.3) is 0 Å². The lowest BCUT2D eigenvalue weighted by Crippen LogP contribution is -2.45. The molecule has 1 aromatic carbocycles. The standard InChI is InChI=1S/C17H25ClN2O2/c1-20-11-4-2-3-5-16(20)17(21)19-10-12-22-13-14-6-8-15(18)9-7-14/h6-9,16H,2-5,10-13H2,1H3,(H,19,21)/t16-/m0/s1. The molecule has 4 nitrogen and oxygen atoms in total. The highest BCUT2D eigenvalue weighted by Crippen LogP contribution is 2.15. The van der Waals surface area contributed by atoms with Gasteiger partial charge in [0, 0.05) is 11.6 Å². The Balaban J connectivity index is 1.63. The van der Waals surface area contributed by atoms with Crippen LogP contribution in [0.25, 0.3) is 0 Å². The van der Waals surface area contributed by atoms with E-state index in [-0.39, 0.29) is 11.9 Å². The Bertz CT molecular complexity index is 464. The van der Waals surface area contributed by atoms with Crippen molar-refractivity contribution in [1.29, 1.82) is 0 Å². The summed E-state index contributed by atoms with van der Waals surface area (Å²) in [5, 5.41) is 3.70. The van der Waals surface area contributed by atoms with Crippen molar-refractivity contribution in [3.05, 3.63) is 34.9 Å². The second-order valence-corrected chi connectivity index (χ2v) is 6.25. The lowest BCUT2D eigenvalue weighted by Gasteiger charge is -2.24. The molecular formula is C17H25ClN2O2. The molecule has 0 aliphatic carbocycles. The zero-order valence-corrected chi connectivity index (χ0v) is 13.9. The predicted molar refractivity (Wildman–Crippen MR) is 89.0 cm³/mol. The zero-order chi connectivity index (χ0) is 15.8. The van der Waals surface area contributed by atoms with Crippen molar-refractivity contribution < 1.29 is 9.53 Å². The van der Waals surface area contributed by atoms with Gasteiger partial charge in [-0.25, -0.2) is 0 Å². The Morgan fingerprint density at radius 1 is 1.32 bits per heavy atom. The van der Waals surface area contributed by atoms with Crippen molar-refractivity contribution >= 4 is 17.5 Å². The molecule has 0 unspecified atom stereocenters. The van der Waals surface area contributed by atoms with E-state index >= 15 is 0 Å². The molecule has 1 heterocycles. The first kappa shape index (κ1) is 17.3. The van der Waals surface area contributed by atoms with Gasteiger partial charge in [-0.3, -0.25) is 9.69 Å². The molecule has 0 saturated carbocycles. The van der Waals surface area contributed by atoms with E-state index < -0.39 is 0 Å². The van der Waals surface area contributed by atoms with Crippen molar-refractivity contribution in [2.24, 2.45) is 0 Å². The molecule has 1 aliphatic rings. The summed E-state index contributed by atoms with van der Waals surface area (Å²) in [6, 6.07) is 7.61. The van der Waals surface area contributed by atoms with Crippen molar-refractivity contribution in [3.8, 4) is 0 Å². The molecule has 0 aromatic heterocycles. The quantitative estimate of drug-likeness (QED) is 0.818. The smallest absolute Gasteiger partial charge is 0.237 e. The number of carbonyl (C=O) groups excluding carboxylic acids is 1. The van der Waals surface area contributed by atoms with Gasteiger partial charge < -0.3 is 10.1 Å². The van der Waals surface area contributed by atoms with Crippen LogP contribution in [0.5, 0.6) is 0 Å². The minimum Gasteiger partial charge on any atom is -0.375 e. The fraction of sp³-hybridized carbons (Fsp3) is 0.588. The molecule has 0 bridgehead atoms. The maximum Gasteiger partial charge on any atom is 0.237 e. The number of carbonyl (C=O) groups is 1. The van der Waals surface area contributed by atoms with E-state index in [2.05, 4.69) is 10.2 Å². The number of nitrogens with one attached hydrogen (secondary N) is 1. The Morgan fingerprint density at radius 2 is 2.09 bits per heavy atom. The molecule has 22 heavy (non-hydrogen) atoms. The molecule has 1 atom stereocenters.